The molecule has 136 valence electrons. The summed E-state index contributed by atoms with van der Waals surface area (Å²) in [5.41, 5.74) is 2.84. The topological polar surface area (TPSA) is 80.1 Å². The molecular weight excluding hydrogens is 350 g/mol. The maximum Gasteiger partial charge on any atom is 0.287 e. The average Bonchev–Trinajstić information content (AvgIpc) is 3.29. The van der Waals surface area contributed by atoms with E-state index in [0.717, 1.165) is 17.1 Å². The largest absolute Gasteiger partial charge is 0.455 e. The predicted octanol–water partition coefficient (Wildman–Crippen LogP) is 3.68. The van der Waals surface area contributed by atoms with Crippen molar-refractivity contribution in [1.82, 2.24) is 15.5 Å². The van der Waals surface area contributed by atoms with Crippen LogP contribution in [0.3, 0.4) is 0 Å². The minimum absolute atomic E-state index is 0.250. The summed E-state index contributed by atoms with van der Waals surface area (Å²) in [6.45, 7) is 2.85. The number of methoxy groups -OCH3 is 1. The van der Waals surface area contributed by atoms with Gasteiger partial charge in [-0.2, -0.15) is 5.10 Å². The van der Waals surface area contributed by atoms with Gasteiger partial charge in [-0.1, -0.05) is 17.7 Å². The van der Waals surface area contributed by atoms with Crippen molar-refractivity contribution in [2.45, 2.75) is 30.7 Å². The summed E-state index contributed by atoms with van der Waals surface area (Å²) in [5.74, 6) is 1.50. The van der Waals surface area contributed by atoms with Crippen LogP contribution < -0.4 is 5.32 Å². The third-order valence-electron chi connectivity index (χ3n) is 3.70. The van der Waals surface area contributed by atoms with E-state index >= 15 is 0 Å². The SMILES string of the molecule is COCc1cc(CNC(=O)c2ccc(CSc3ccc(C)cc3)o2)[nH]n1. The number of H-pyrrole nitrogens is 1. The Labute approximate surface area is 156 Å². The van der Waals surface area contributed by atoms with Gasteiger partial charge in [-0.05, 0) is 37.3 Å². The van der Waals surface area contributed by atoms with Crippen molar-refractivity contribution in [3.8, 4) is 0 Å². The summed E-state index contributed by atoms with van der Waals surface area (Å²) in [7, 11) is 1.61. The Bertz CT molecular complexity index is 855. The van der Waals surface area contributed by atoms with Crippen molar-refractivity contribution in [3.63, 3.8) is 0 Å². The van der Waals surface area contributed by atoms with Gasteiger partial charge in [0.1, 0.15) is 5.76 Å². The molecule has 1 amide bonds. The molecule has 26 heavy (non-hydrogen) atoms. The van der Waals surface area contributed by atoms with Crippen LogP contribution in [-0.2, 0) is 23.6 Å². The second kappa shape index (κ2) is 8.73. The highest BCUT2D eigenvalue weighted by molar-refractivity contribution is 7.98. The van der Waals surface area contributed by atoms with Crippen molar-refractivity contribution >= 4 is 17.7 Å². The first-order valence-corrected chi connectivity index (χ1v) is 9.21. The number of benzene rings is 1. The number of nitrogens with one attached hydrogen (secondary N) is 2. The van der Waals surface area contributed by atoms with E-state index < -0.39 is 0 Å². The number of thioether (sulfide) groups is 1. The Morgan fingerprint density at radius 3 is 2.85 bits per heavy atom. The number of furan rings is 1. The van der Waals surface area contributed by atoms with Gasteiger partial charge in [0.25, 0.3) is 5.91 Å². The van der Waals surface area contributed by atoms with Gasteiger partial charge < -0.3 is 14.5 Å². The van der Waals surface area contributed by atoms with Gasteiger partial charge in [-0.25, -0.2) is 0 Å². The zero-order valence-corrected chi connectivity index (χ0v) is 15.6. The highest BCUT2D eigenvalue weighted by atomic mass is 32.2. The van der Waals surface area contributed by atoms with Crippen molar-refractivity contribution in [2.75, 3.05) is 7.11 Å². The molecule has 0 radical (unpaired) electrons. The molecule has 0 aliphatic rings. The fourth-order valence-corrected chi connectivity index (χ4v) is 3.14. The van der Waals surface area contributed by atoms with E-state index in [9.17, 15) is 4.79 Å². The number of rotatable bonds is 8. The van der Waals surface area contributed by atoms with E-state index in [1.807, 2.05) is 12.1 Å². The van der Waals surface area contributed by atoms with Crippen LogP contribution in [0, 0.1) is 6.92 Å². The van der Waals surface area contributed by atoms with Crippen molar-refractivity contribution in [2.24, 2.45) is 0 Å². The molecule has 7 heteroatoms. The fourth-order valence-electron chi connectivity index (χ4n) is 2.35. The minimum atomic E-state index is -0.250. The molecule has 3 aromatic rings. The summed E-state index contributed by atoms with van der Waals surface area (Å²) >= 11 is 1.67. The van der Waals surface area contributed by atoms with Crippen molar-refractivity contribution in [3.05, 3.63) is 70.9 Å². The molecule has 0 spiro atoms. The third-order valence-corrected chi connectivity index (χ3v) is 4.74. The Kier molecular flexibility index (Phi) is 6.14. The molecule has 0 aliphatic heterocycles. The lowest BCUT2D eigenvalue weighted by Gasteiger charge is -2.01. The number of hydrogen-bond acceptors (Lipinski definition) is 5. The summed E-state index contributed by atoms with van der Waals surface area (Å²) < 4.78 is 10.7. The van der Waals surface area contributed by atoms with Gasteiger partial charge in [-0.15, -0.1) is 11.8 Å². The number of carbonyl (C=O) groups is 1. The first kappa shape index (κ1) is 18.3. The standard InChI is InChI=1S/C19H21N3O3S/c1-13-3-6-17(7-4-13)26-12-16-5-8-18(25-16)19(23)20-10-14-9-15(11-24-2)22-21-14/h3-9H,10-12H2,1-2H3,(H,20,23)(H,21,22). The summed E-state index contributed by atoms with van der Waals surface area (Å²) in [4.78, 5) is 13.4. The number of nitrogens with zero attached hydrogens (tertiary/aromatic N) is 1. The van der Waals surface area contributed by atoms with Gasteiger partial charge >= 0.3 is 0 Å². The summed E-state index contributed by atoms with van der Waals surface area (Å²) in [6.07, 6.45) is 0. The fraction of sp³-hybridized carbons (Fsp3) is 0.263. The van der Waals surface area contributed by atoms with E-state index in [0.29, 0.717) is 24.7 Å². The molecule has 3 rings (SSSR count). The first-order chi connectivity index (χ1) is 12.6. The molecule has 0 atom stereocenters. The number of ether oxygens (including phenoxy) is 1. The summed E-state index contributed by atoms with van der Waals surface area (Å²) in [5, 5.41) is 9.77. The average molecular weight is 371 g/mol. The number of aromatic amines is 1. The van der Waals surface area contributed by atoms with Crippen LogP contribution in [0.1, 0.15) is 33.3 Å². The van der Waals surface area contributed by atoms with Crippen LogP contribution in [0.4, 0.5) is 0 Å². The monoisotopic (exact) mass is 371 g/mol. The van der Waals surface area contributed by atoms with Crippen molar-refractivity contribution < 1.29 is 13.9 Å². The van der Waals surface area contributed by atoms with E-state index in [-0.39, 0.29) is 5.91 Å². The zero-order chi connectivity index (χ0) is 18.4. The molecular formula is C19H21N3O3S. The molecule has 2 N–H and O–H groups in total. The summed E-state index contributed by atoms with van der Waals surface area (Å²) in [6, 6.07) is 13.7. The Balaban J connectivity index is 1.49. The normalized spacial score (nSPS) is 10.8. The molecule has 0 saturated carbocycles. The highest BCUT2D eigenvalue weighted by Crippen LogP contribution is 2.24. The van der Waals surface area contributed by atoms with Crippen LogP contribution in [0.25, 0.3) is 0 Å². The van der Waals surface area contributed by atoms with Crippen molar-refractivity contribution in [1.29, 1.82) is 0 Å². The maximum absolute atomic E-state index is 12.2. The minimum Gasteiger partial charge on any atom is -0.455 e. The molecule has 0 bridgehead atoms. The lowest BCUT2D eigenvalue weighted by Crippen LogP contribution is -2.22. The molecule has 6 nitrogen and oxygen atoms in total. The zero-order valence-electron chi connectivity index (χ0n) is 14.7. The lowest BCUT2D eigenvalue weighted by molar-refractivity contribution is 0.0921. The van der Waals surface area contributed by atoms with Crippen LogP contribution in [0.5, 0.6) is 0 Å². The molecule has 0 fully saturated rings. The predicted molar refractivity (Wildman–Crippen MR) is 99.9 cm³/mol. The Morgan fingerprint density at radius 1 is 1.27 bits per heavy atom. The molecule has 2 aromatic heterocycles. The Hall–Kier alpha value is -2.51. The second-order valence-corrected chi connectivity index (χ2v) is 6.92. The Morgan fingerprint density at radius 2 is 2.08 bits per heavy atom. The van der Waals surface area contributed by atoms with Gasteiger partial charge in [-0.3, -0.25) is 9.89 Å². The van der Waals surface area contributed by atoms with E-state index in [4.69, 9.17) is 9.15 Å². The van der Waals surface area contributed by atoms with E-state index in [2.05, 4.69) is 46.7 Å². The quantitative estimate of drug-likeness (QED) is 0.591. The van der Waals surface area contributed by atoms with Crippen LogP contribution in [0.2, 0.25) is 0 Å². The maximum atomic E-state index is 12.2. The van der Waals surface area contributed by atoms with Crippen LogP contribution in [0.15, 0.2) is 51.8 Å². The third kappa shape index (κ3) is 5.00. The number of hydrogen-bond donors (Lipinski definition) is 2. The molecule has 0 saturated heterocycles. The number of amides is 1. The molecule has 1 aromatic carbocycles. The lowest BCUT2D eigenvalue weighted by atomic mass is 10.2. The van der Waals surface area contributed by atoms with Gasteiger partial charge in [0.05, 0.1) is 30.3 Å². The van der Waals surface area contributed by atoms with E-state index in [1.165, 1.54) is 10.5 Å². The number of aryl methyl sites for hydroxylation is 1. The smallest absolute Gasteiger partial charge is 0.287 e. The highest BCUT2D eigenvalue weighted by Gasteiger charge is 2.12. The second-order valence-electron chi connectivity index (χ2n) is 5.87. The van der Waals surface area contributed by atoms with Gasteiger partial charge in [0, 0.05) is 12.0 Å². The van der Waals surface area contributed by atoms with E-state index in [1.54, 1.807) is 24.9 Å². The molecule has 0 unspecified atom stereocenters. The van der Waals surface area contributed by atoms with Gasteiger partial charge in [0.2, 0.25) is 0 Å². The first-order valence-electron chi connectivity index (χ1n) is 8.22. The van der Waals surface area contributed by atoms with Crippen LogP contribution >= 0.6 is 11.8 Å². The number of carbonyl (C=O) groups excluding carboxylic acids is 1. The van der Waals surface area contributed by atoms with Gasteiger partial charge in [0.15, 0.2) is 5.76 Å². The van der Waals surface area contributed by atoms with Crippen LogP contribution in [-0.4, -0.2) is 23.2 Å². The molecule has 0 aliphatic carbocycles. The molecule has 2 heterocycles. The number of aromatic nitrogens is 2.